The third-order valence-electron chi connectivity index (χ3n) is 6.71. The van der Waals surface area contributed by atoms with Crippen LogP contribution in [0.3, 0.4) is 0 Å². The van der Waals surface area contributed by atoms with E-state index in [1.807, 2.05) is 75.4 Å². The SMILES string of the molecule is COc1ccc(N(CCCC(=O)N(Cc2cccc(C)c2)[C@@H](Cc2ccccc2)C(=O)NC(C)C)S(C)(=O)=O)cc1Cl. The smallest absolute Gasteiger partial charge is 0.243 e. The molecule has 2 amide bonds. The van der Waals surface area contributed by atoms with Gasteiger partial charge < -0.3 is 15.0 Å². The fraction of sp³-hybridized carbons (Fsp3) is 0.375. The van der Waals surface area contributed by atoms with Crippen molar-refractivity contribution in [1.82, 2.24) is 10.2 Å². The van der Waals surface area contributed by atoms with E-state index < -0.39 is 16.1 Å². The molecule has 0 unspecified atom stereocenters. The highest BCUT2D eigenvalue weighted by atomic mass is 35.5. The Morgan fingerprint density at radius 1 is 0.976 bits per heavy atom. The molecule has 1 N–H and O–H groups in total. The van der Waals surface area contributed by atoms with E-state index in [1.54, 1.807) is 17.0 Å². The number of ether oxygens (including phenoxy) is 1. The Balaban J connectivity index is 1.89. The molecule has 0 aliphatic carbocycles. The number of nitrogens with zero attached hydrogens (tertiary/aromatic N) is 2. The maximum Gasteiger partial charge on any atom is 0.243 e. The molecule has 0 fully saturated rings. The van der Waals surface area contributed by atoms with E-state index >= 15 is 0 Å². The highest BCUT2D eigenvalue weighted by molar-refractivity contribution is 7.92. The van der Waals surface area contributed by atoms with Gasteiger partial charge in [-0.3, -0.25) is 13.9 Å². The van der Waals surface area contributed by atoms with Gasteiger partial charge in [0, 0.05) is 32.0 Å². The number of carbonyl (C=O) groups excluding carboxylic acids is 2. The molecule has 3 rings (SSSR count). The van der Waals surface area contributed by atoms with Crippen LogP contribution in [0.15, 0.2) is 72.8 Å². The van der Waals surface area contributed by atoms with Gasteiger partial charge >= 0.3 is 0 Å². The van der Waals surface area contributed by atoms with E-state index in [0.717, 1.165) is 22.9 Å². The highest BCUT2D eigenvalue weighted by Crippen LogP contribution is 2.30. The minimum Gasteiger partial charge on any atom is -0.495 e. The van der Waals surface area contributed by atoms with Crippen LogP contribution in [0.5, 0.6) is 5.75 Å². The van der Waals surface area contributed by atoms with Gasteiger partial charge in [0.1, 0.15) is 11.8 Å². The van der Waals surface area contributed by atoms with Crippen molar-refractivity contribution in [2.75, 3.05) is 24.2 Å². The summed E-state index contributed by atoms with van der Waals surface area (Å²) in [7, 11) is -2.18. The van der Waals surface area contributed by atoms with Crippen LogP contribution in [0.25, 0.3) is 0 Å². The topological polar surface area (TPSA) is 96.0 Å². The normalized spacial score (nSPS) is 12.1. The standard InChI is InChI=1S/C32H40ClN3O5S/c1-23(2)34-32(38)29(20-25-12-7-6-8-13-25)35(22-26-14-9-11-24(3)19-26)31(37)15-10-18-36(42(5,39)40)27-16-17-30(41-4)28(33)21-27/h6-9,11-14,16-17,19,21,23,29H,10,15,18,20,22H2,1-5H3,(H,34,38)/t29-/m0/s1. The third kappa shape index (κ3) is 9.49. The molecular weight excluding hydrogens is 574 g/mol. The summed E-state index contributed by atoms with van der Waals surface area (Å²) >= 11 is 6.26. The first-order valence-corrected chi connectivity index (χ1v) is 16.1. The monoisotopic (exact) mass is 613 g/mol. The molecule has 226 valence electrons. The number of carbonyl (C=O) groups is 2. The molecule has 42 heavy (non-hydrogen) atoms. The average molecular weight is 614 g/mol. The summed E-state index contributed by atoms with van der Waals surface area (Å²) < 4.78 is 31.8. The summed E-state index contributed by atoms with van der Waals surface area (Å²) in [4.78, 5) is 29.0. The highest BCUT2D eigenvalue weighted by Gasteiger charge is 2.31. The van der Waals surface area contributed by atoms with Crippen molar-refractivity contribution in [3.63, 3.8) is 0 Å². The fourth-order valence-corrected chi connectivity index (χ4v) is 5.97. The molecule has 0 aromatic heterocycles. The van der Waals surface area contributed by atoms with Gasteiger partial charge in [-0.25, -0.2) is 8.42 Å². The summed E-state index contributed by atoms with van der Waals surface area (Å²) in [6.45, 7) is 6.05. The first kappa shape index (κ1) is 32.9. The number of hydrogen-bond acceptors (Lipinski definition) is 5. The predicted octanol–water partition coefficient (Wildman–Crippen LogP) is 5.37. The molecule has 0 radical (unpaired) electrons. The molecule has 3 aromatic carbocycles. The number of methoxy groups -OCH3 is 1. The van der Waals surface area contributed by atoms with E-state index in [2.05, 4.69) is 5.32 Å². The average Bonchev–Trinajstić information content (AvgIpc) is 2.92. The minimum atomic E-state index is -3.66. The van der Waals surface area contributed by atoms with Gasteiger partial charge in [0.05, 0.1) is 24.1 Å². The van der Waals surface area contributed by atoms with Gasteiger partial charge in [-0.15, -0.1) is 0 Å². The number of sulfonamides is 1. The summed E-state index contributed by atoms with van der Waals surface area (Å²) in [5.41, 5.74) is 3.27. The van der Waals surface area contributed by atoms with Gasteiger partial charge in [-0.05, 0) is 56.5 Å². The second-order valence-electron chi connectivity index (χ2n) is 10.6. The van der Waals surface area contributed by atoms with Crippen molar-refractivity contribution in [1.29, 1.82) is 0 Å². The molecule has 8 nitrogen and oxygen atoms in total. The molecule has 0 saturated heterocycles. The zero-order chi connectivity index (χ0) is 30.9. The molecule has 1 atom stereocenters. The first-order chi connectivity index (χ1) is 19.9. The van der Waals surface area contributed by atoms with Crippen LogP contribution in [-0.2, 0) is 32.6 Å². The van der Waals surface area contributed by atoms with E-state index in [-0.39, 0.29) is 48.8 Å². The van der Waals surface area contributed by atoms with Gasteiger partial charge in [0.2, 0.25) is 21.8 Å². The molecular formula is C32H40ClN3O5S. The van der Waals surface area contributed by atoms with Gasteiger partial charge in [0.15, 0.2) is 0 Å². The number of nitrogens with one attached hydrogen (secondary N) is 1. The van der Waals surface area contributed by atoms with Crippen LogP contribution in [-0.4, -0.2) is 57.1 Å². The largest absolute Gasteiger partial charge is 0.495 e. The van der Waals surface area contributed by atoms with E-state index in [4.69, 9.17) is 16.3 Å². The molecule has 0 spiro atoms. The van der Waals surface area contributed by atoms with Crippen LogP contribution in [0, 0.1) is 6.92 Å². The van der Waals surface area contributed by atoms with Crippen LogP contribution in [0.1, 0.15) is 43.4 Å². The van der Waals surface area contributed by atoms with Gasteiger partial charge in [0.25, 0.3) is 0 Å². The number of halogens is 1. The van der Waals surface area contributed by atoms with Gasteiger partial charge in [-0.2, -0.15) is 0 Å². The summed E-state index contributed by atoms with van der Waals surface area (Å²) in [5, 5.41) is 3.26. The maximum absolute atomic E-state index is 13.9. The van der Waals surface area contributed by atoms with Crippen LogP contribution in [0.4, 0.5) is 5.69 Å². The summed E-state index contributed by atoms with van der Waals surface area (Å²) in [6.07, 6.45) is 1.74. The van der Waals surface area contributed by atoms with Gasteiger partial charge in [-0.1, -0.05) is 71.8 Å². The van der Waals surface area contributed by atoms with Crippen molar-refractivity contribution in [3.05, 3.63) is 94.5 Å². The number of rotatable bonds is 14. The van der Waals surface area contributed by atoms with Crippen molar-refractivity contribution in [3.8, 4) is 5.75 Å². The number of anilines is 1. The molecule has 0 aliphatic heterocycles. The molecule has 3 aromatic rings. The fourth-order valence-electron chi connectivity index (χ4n) is 4.76. The van der Waals surface area contributed by atoms with Crippen LogP contribution in [0.2, 0.25) is 5.02 Å². The maximum atomic E-state index is 13.9. The Morgan fingerprint density at radius 2 is 1.67 bits per heavy atom. The lowest BCUT2D eigenvalue weighted by molar-refractivity contribution is -0.141. The molecule has 0 aliphatic rings. The molecule has 0 heterocycles. The second kappa shape index (κ2) is 15.1. The Bertz CT molecular complexity index is 1460. The minimum absolute atomic E-state index is 0.0436. The molecule has 0 bridgehead atoms. The number of aryl methyl sites for hydroxylation is 1. The zero-order valence-electron chi connectivity index (χ0n) is 24.8. The third-order valence-corrected chi connectivity index (χ3v) is 8.20. The zero-order valence-corrected chi connectivity index (χ0v) is 26.4. The Morgan fingerprint density at radius 3 is 2.26 bits per heavy atom. The summed E-state index contributed by atoms with van der Waals surface area (Å²) in [6, 6.07) is 21.3. The van der Waals surface area contributed by atoms with Crippen molar-refractivity contribution in [2.24, 2.45) is 0 Å². The number of amides is 2. The van der Waals surface area contributed by atoms with Crippen LogP contribution >= 0.6 is 11.6 Å². The Labute approximate surface area is 254 Å². The molecule has 10 heteroatoms. The second-order valence-corrected chi connectivity index (χ2v) is 13.0. The lowest BCUT2D eigenvalue weighted by Crippen LogP contribution is -2.51. The van der Waals surface area contributed by atoms with E-state index in [9.17, 15) is 18.0 Å². The van der Waals surface area contributed by atoms with Crippen molar-refractivity contribution in [2.45, 2.75) is 58.7 Å². The van der Waals surface area contributed by atoms with E-state index in [1.165, 1.54) is 17.5 Å². The predicted molar refractivity (Wildman–Crippen MR) is 168 cm³/mol. The first-order valence-electron chi connectivity index (χ1n) is 13.9. The Kier molecular flexibility index (Phi) is 11.8. The van der Waals surface area contributed by atoms with Crippen LogP contribution < -0.4 is 14.4 Å². The number of hydrogen-bond donors (Lipinski definition) is 1. The van der Waals surface area contributed by atoms with Crippen molar-refractivity contribution >= 4 is 39.1 Å². The summed E-state index contributed by atoms with van der Waals surface area (Å²) in [5.74, 6) is -0.0435. The lowest BCUT2D eigenvalue weighted by Gasteiger charge is -2.32. The quantitative estimate of drug-likeness (QED) is 0.264. The van der Waals surface area contributed by atoms with E-state index in [0.29, 0.717) is 17.9 Å². The van der Waals surface area contributed by atoms with Crippen molar-refractivity contribution < 1.29 is 22.7 Å². The molecule has 0 saturated carbocycles. The Hall–Kier alpha value is -3.56. The lowest BCUT2D eigenvalue weighted by atomic mass is 10.0. The number of benzene rings is 3.